The van der Waals surface area contributed by atoms with Crippen molar-refractivity contribution >= 4 is 21.8 Å². The summed E-state index contributed by atoms with van der Waals surface area (Å²) in [5.41, 5.74) is 19.2. The third-order valence-corrected chi connectivity index (χ3v) is 12.2. The van der Waals surface area contributed by atoms with Gasteiger partial charge in [-0.3, -0.25) is 0 Å². The van der Waals surface area contributed by atoms with E-state index in [1.807, 2.05) is 0 Å². The Morgan fingerprint density at radius 1 is 0.386 bits per heavy atom. The minimum atomic E-state index is -0.181. The Balaban J connectivity index is 1.09. The summed E-state index contributed by atoms with van der Waals surface area (Å²) in [7, 11) is 0. The maximum Gasteiger partial charge on any atom is 0.141 e. The summed E-state index contributed by atoms with van der Waals surface area (Å²) in [6.07, 6.45) is 0. The lowest BCUT2D eigenvalue weighted by Crippen LogP contribution is -2.09. The molecule has 266 valence electrons. The molecule has 2 heterocycles. The number of rotatable bonds is 5. The number of hydrogen-bond donors (Lipinski definition) is 0. The lowest BCUT2D eigenvalue weighted by atomic mass is 9.89. The van der Waals surface area contributed by atoms with Crippen LogP contribution < -0.4 is 0 Å². The zero-order valence-corrected chi connectivity index (χ0v) is 31.0. The number of nitrogens with zero attached hydrogens (tertiary/aromatic N) is 3. The van der Waals surface area contributed by atoms with Gasteiger partial charge < -0.3 is 4.57 Å². The molecular weight excluding hydrogens is 691 g/mol. The smallest absolute Gasteiger partial charge is 0.141 e. The minimum Gasteiger partial charge on any atom is -0.309 e. The second-order valence-corrected chi connectivity index (χ2v) is 15.2. The molecule has 57 heavy (non-hydrogen) atoms. The van der Waals surface area contributed by atoms with Crippen molar-refractivity contribution in [1.82, 2.24) is 14.5 Å². The summed E-state index contributed by atoms with van der Waals surface area (Å²) < 4.78 is 2.49. The number of aromatic nitrogens is 3. The molecule has 2 aliphatic rings. The number of hydrogen-bond acceptors (Lipinski definition) is 2. The zero-order valence-electron chi connectivity index (χ0n) is 31.0. The second-order valence-electron chi connectivity index (χ2n) is 15.2. The van der Waals surface area contributed by atoms with Crippen LogP contribution in [0.2, 0.25) is 0 Å². The van der Waals surface area contributed by atoms with Crippen LogP contribution in [0.25, 0.3) is 72.3 Å². The van der Waals surface area contributed by atoms with Gasteiger partial charge in [0.15, 0.2) is 0 Å². The van der Waals surface area contributed by atoms with Crippen molar-refractivity contribution in [3.05, 3.63) is 234 Å². The summed E-state index contributed by atoms with van der Waals surface area (Å²) in [6, 6.07) is 72.5. The summed E-state index contributed by atoms with van der Waals surface area (Å²) in [5, 5.41) is 2.46. The topological polar surface area (TPSA) is 30.7 Å². The van der Waals surface area contributed by atoms with Gasteiger partial charge >= 0.3 is 0 Å². The fourth-order valence-electron chi connectivity index (χ4n) is 9.74. The van der Waals surface area contributed by atoms with E-state index < -0.39 is 0 Å². The highest BCUT2D eigenvalue weighted by atomic mass is 15.0. The van der Waals surface area contributed by atoms with Crippen molar-refractivity contribution < 1.29 is 0 Å². The molecular formula is C54H35N3. The maximum atomic E-state index is 5.44. The Bertz CT molecular complexity index is 3080. The molecule has 0 saturated heterocycles. The Morgan fingerprint density at radius 3 is 1.51 bits per heavy atom. The predicted octanol–water partition coefficient (Wildman–Crippen LogP) is 13.2. The highest BCUT2D eigenvalue weighted by molar-refractivity contribution is 6.13. The standard InChI is InChI=1S/C54H35N3/c1-3-15-34(16-4-1)47-33-48(35-17-5-2-6-18-35)56-54(55-47)52-44-25-12-9-21-40(44)45-31-32-46-41-22-13-14-26-49(41)57(53(46)51(45)52)37-29-27-36(28-30-37)50-42-23-10-7-19-38(42)39-20-8-11-24-43(39)50/h1-33,50,52H. The van der Waals surface area contributed by atoms with Gasteiger partial charge in [-0.25, -0.2) is 9.97 Å². The molecule has 0 amide bonds. The van der Waals surface area contributed by atoms with Crippen molar-refractivity contribution in [3.63, 3.8) is 0 Å². The van der Waals surface area contributed by atoms with Gasteiger partial charge in [0.05, 0.1) is 28.3 Å². The lowest BCUT2D eigenvalue weighted by Gasteiger charge is -2.19. The van der Waals surface area contributed by atoms with E-state index in [4.69, 9.17) is 9.97 Å². The Morgan fingerprint density at radius 2 is 0.895 bits per heavy atom. The average molecular weight is 726 g/mol. The molecule has 10 aromatic rings. The van der Waals surface area contributed by atoms with E-state index in [1.165, 1.54) is 71.9 Å². The van der Waals surface area contributed by atoms with E-state index in [9.17, 15) is 0 Å². The lowest BCUT2D eigenvalue weighted by molar-refractivity contribution is 0.880. The molecule has 8 aromatic carbocycles. The fourth-order valence-corrected chi connectivity index (χ4v) is 9.74. The third kappa shape index (κ3) is 4.85. The van der Waals surface area contributed by atoms with Crippen molar-refractivity contribution in [3.8, 4) is 50.5 Å². The van der Waals surface area contributed by atoms with Gasteiger partial charge in [-0.2, -0.15) is 0 Å². The molecule has 0 N–H and O–H groups in total. The van der Waals surface area contributed by atoms with Crippen LogP contribution in [0.3, 0.4) is 0 Å². The normalized spacial score (nSPS) is 14.1. The minimum absolute atomic E-state index is 0.181. The van der Waals surface area contributed by atoms with Crippen LogP contribution in [0, 0.1) is 0 Å². The molecule has 3 nitrogen and oxygen atoms in total. The average Bonchev–Trinajstić information content (AvgIpc) is 3.93. The van der Waals surface area contributed by atoms with Crippen LogP contribution in [-0.2, 0) is 0 Å². The Hall–Kier alpha value is -7.36. The largest absolute Gasteiger partial charge is 0.309 e. The van der Waals surface area contributed by atoms with Crippen LogP contribution >= 0.6 is 0 Å². The van der Waals surface area contributed by atoms with E-state index >= 15 is 0 Å². The van der Waals surface area contributed by atoms with Gasteiger partial charge in [0.25, 0.3) is 0 Å². The van der Waals surface area contributed by atoms with Crippen molar-refractivity contribution in [1.29, 1.82) is 0 Å². The molecule has 0 saturated carbocycles. The molecule has 12 rings (SSSR count). The van der Waals surface area contributed by atoms with E-state index in [1.54, 1.807) is 0 Å². The highest BCUT2D eigenvalue weighted by Crippen LogP contribution is 2.53. The van der Waals surface area contributed by atoms with E-state index in [0.29, 0.717) is 0 Å². The van der Waals surface area contributed by atoms with Crippen molar-refractivity contribution in [2.75, 3.05) is 0 Å². The molecule has 0 fully saturated rings. The van der Waals surface area contributed by atoms with Crippen molar-refractivity contribution in [2.24, 2.45) is 0 Å². The first-order valence-electron chi connectivity index (χ1n) is 19.7. The first-order valence-corrected chi connectivity index (χ1v) is 19.7. The molecule has 3 heteroatoms. The fraction of sp³-hybridized carbons (Fsp3) is 0.0370. The summed E-state index contributed by atoms with van der Waals surface area (Å²) in [4.78, 5) is 10.9. The predicted molar refractivity (Wildman–Crippen MR) is 233 cm³/mol. The number of para-hydroxylation sites is 1. The summed E-state index contributed by atoms with van der Waals surface area (Å²) in [5.74, 6) is 0.819. The molecule has 2 aromatic heterocycles. The zero-order chi connectivity index (χ0) is 37.5. The first kappa shape index (κ1) is 31.9. The quantitative estimate of drug-likeness (QED) is 0.177. The molecule has 0 spiro atoms. The van der Waals surface area contributed by atoms with Crippen LogP contribution in [-0.4, -0.2) is 14.5 Å². The molecule has 0 radical (unpaired) electrons. The van der Waals surface area contributed by atoms with Gasteiger partial charge in [-0.05, 0) is 74.3 Å². The van der Waals surface area contributed by atoms with E-state index in [-0.39, 0.29) is 11.8 Å². The van der Waals surface area contributed by atoms with E-state index in [2.05, 4.69) is 205 Å². The second kappa shape index (κ2) is 12.6. The third-order valence-electron chi connectivity index (χ3n) is 12.2. The number of fused-ring (bicyclic) bond motifs is 10. The van der Waals surface area contributed by atoms with E-state index in [0.717, 1.165) is 34.0 Å². The van der Waals surface area contributed by atoms with Crippen LogP contribution in [0.4, 0.5) is 0 Å². The summed E-state index contributed by atoms with van der Waals surface area (Å²) in [6.45, 7) is 0. The van der Waals surface area contributed by atoms with Crippen LogP contribution in [0.1, 0.15) is 45.5 Å². The van der Waals surface area contributed by atoms with Crippen LogP contribution in [0.5, 0.6) is 0 Å². The van der Waals surface area contributed by atoms with Gasteiger partial charge in [0.2, 0.25) is 0 Å². The Labute approximate surface area is 331 Å². The van der Waals surface area contributed by atoms with Crippen molar-refractivity contribution in [2.45, 2.75) is 11.8 Å². The highest BCUT2D eigenvalue weighted by Gasteiger charge is 2.36. The van der Waals surface area contributed by atoms with Gasteiger partial charge in [-0.15, -0.1) is 0 Å². The van der Waals surface area contributed by atoms with Crippen LogP contribution in [0.15, 0.2) is 200 Å². The van der Waals surface area contributed by atoms with Gasteiger partial charge in [-0.1, -0.05) is 176 Å². The molecule has 2 aliphatic carbocycles. The molecule has 1 atom stereocenters. The van der Waals surface area contributed by atoms with Gasteiger partial charge in [0, 0.05) is 33.5 Å². The maximum absolute atomic E-state index is 5.44. The molecule has 0 aliphatic heterocycles. The SMILES string of the molecule is c1ccc(-c2cc(-c3ccccc3)nc(C3c4ccccc4-c4ccc5c6ccccc6n(-c6ccc(C7c8ccccc8-c8ccccc87)cc6)c5c43)n2)cc1. The Kier molecular flexibility index (Phi) is 7.05. The number of benzene rings is 8. The molecule has 0 bridgehead atoms. The van der Waals surface area contributed by atoms with Gasteiger partial charge in [0.1, 0.15) is 5.82 Å². The first-order chi connectivity index (χ1) is 28.3. The molecule has 1 unspecified atom stereocenters. The summed E-state index contributed by atoms with van der Waals surface area (Å²) >= 11 is 0. The monoisotopic (exact) mass is 725 g/mol.